The van der Waals surface area contributed by atoms with Crippen molar-refractivity contribution in [2.45, 2.75) is 0 Å². The highest BCUT2D eigenvalue weighted by Crippen LogP contribution is 2.39. The van der Waals surface area contributed by atoms with Crippen molar-refractivity contribution in [1.82, 2.24) is 19.5 Å². The molecule has 0 atom stereocenters. The molecule has 0 aliphatic heterocycles. The smallest absolute Gasteiger partial charge is 0.166 e. The third-order valence-corrected chi connectivity index (χ3v) is 11.3. The van der Waals surface area contributed by atoms with Gasteiger partial charge in [-0.25, -0.2) is 15.0 Å². The van der Waals surface area contributed by atoms with Crippen LogP contribution >= 0.6 is 0 Å². The summed E-state index contributed by atoms with van der Waals surface area (Å²) in [6.07, 6.45) is 0. The number of hydrogen-bond acceptors (Lipinski definition) is 3. The largest absolute Gasteiger partial charge is 0.308 e. The Balaban J connectivity index is 1.16. The van der Waals surface area contributed by atoms with Crippen LogP contribution in [-0.4, -0.2) is 19.5 Å². The van der Waals surface area contributed by atoms with Crippen molar-refractivity contribution in [2.75, 3.05) is 0 Å². The average Bonchev–Trinajstić information content (AvgIpc) is 3.66. The molecule has 0 spiro atoms. The molecule has 0 saturated carbocycles. The molecule has 11 rings (SSSR count). The second-order valence-corrected chi connectivity index (χ2v) is 14.8. The van der Waals surface area contributed by atoms with Crippen molar-refractivity contribution >= 4 is 32.6 Å². The number of rotatable bonds is 7. The van der Waals surface area contributed by atoms with Crippen LogP contribution in [-0.2, 0) is 0 Å². The van der Waals surface area contributed by atoms with Crippen molar-refractivity contribution < 1.29 is 0 Å². The third kappa shape index (κ3) is 6.24. The maximum atomic E-state index is 5.39. The van der Waals surface area contributed by atoms with Gasteiger partial charge in [-0.05, 0) is 80.6 Å². The van der Waals surface area contributed by atoms with Crippen LogP contribution < -0.4 is 0 Å². The first-order valence-corrected chi connectivity index (χ1v) is 19.9. The number of hydrogen-bond donors (Lipinski definition) is 0. The fraction of sp³-hybridized carbons (Fsp3) is 0. The van der Waals surface area contributed by atoms with Crippen LogP contribution in [0.5, 0.6) is 0 Å². The molecular formula is C55H36N4. The summed E-state index contributed by atoms with van der Waals surface area (Å²) in [6, 6.07) is 77.0. The Hall–Kier alpha value is -7.95. The van der Waals surface area contributed by atoms with Gasteiger partial charge in [0.2, 0.25) is 0 Å². The van der Waals surface area contributed by atoms with E-state index in [0.717, 1.165) is 66.4 Å². The van der Waals surface area contributed by atoms with Gasteiger partial charge in [-0.3, -0.25) is 0 Å². The van der Waals surface area contributed by atoms with Gasteiger partial charge >= 0.3 is 0 Å². The zero-order valence-electron chi connectivity index (χ0n) is 32.1. The summed E-state index contributed by atoms with van der Waals surface area (Å²) in [5, 5.41) is 4.66. The normalized spacial score (nSPS) is 11.4. The topological polar surface area (TPSA) is 43.6 Å². The third-order valence-electron chi connectivity index (χ3n) is 11.3. The molecule has 2 heterocycles. The van der Waals surface area contributed by atoms with Crippen LogP contribution in [0.1, 0.15) is 0 Å². The van der Waals surface area contributed by atoms with E-state index in [9.17, 15) is 0 Å². The van der Waals surface area contributed by atoms with Gasteiger partial charge in [0.05, 0.1) is 16.7 Å². The van der Waals surface area contributed by atoms with E-state index in [-0.39, 0.29) is 0 Å². The quantitative estimate of drug-likeness (QED) is 0.163. The Bertz CT molecular complexity index is 3260. The molecule has 0 unspecified atom stereocenters. The second-order valence-electron chi connectivity index (χ2n) is 14.8. The van der Waals surface area contributed by atoms with Crippen molar-refractivity contribution in [3.8, 4) is 73.2 Å². The lowest BCUT2D eigenvalue weighted by Gasteiger charge is -2.17. The summed E-state index contributed by atoms with van der Waals surface area (Å²) < 4.78 is 2.37. The average molecular weight is 753 g/mol. The summed E-state index contributed by atoms with van der Waals surface area (Å²) in [5.74, 6) is 1.83. The van der Waals surface area contributed by atoms with Gasteiger partial charge < -0.3 is 4.57 Å². The summed E-state index contributed by atoms with van der Waals surface area (Å²) in [7, 11) is 0. The number of nitrogens with zero attached hydrogens (tertiary/aromatic N) is 4. The predicted molar refractivity (Wildman–Crippen MR) is 244 cm³/mol. The first-order valence-electron chi connectivity index (χ1n) is 19.9. The van der Waals surface area contributed by atoms with E-state index in [4.69, 9.17) is 15.0 Å². The molecule has 0 N–H and O–H groups in total. The molecule has 4 heteroatoms. The van der Waals surface area contributed by atoms with Crippen LogP contribution in [0, 0.1) is 0 Å². The number of aromatic nitrogens is 4. The molecule has 0 fully saturated rings. The van der Waals surface area contributed by atoms with Gasteiger partial charge in [0, 0.05) is 27.5 Å². The second kappa shape index (κ2) is 14.5. The molecule has 0 radical (unpaired) electrons. The fourth-order valence-electron chi connectivity index (χ4n) is 8.39. The molecule has 4 nitrogen and oxygen atoms in total. The van der Waals surface area contributed by atoms with E-state index in [1.165, 1.54) is 21.9 Å². The minimum atomic E-state index is 0.601. The van der Waals surface area contributed by atoms with E-state index < -0.39 is 0 Å². The van der Waals surface area contributed by atoms with Crippen molar-refractivity contribution in [3.05, 3.63) is 218 Å². The lowest BCUT2D eigenvalue weighted by molar-refractivity contribution is 1.07. The van der Waals surface area contributed by atoms with Gasteiger partial charge in [0.1, 0.15) is 0 Å². The monoisotopic (exact) mass is 752 g/mol. The van der Waals surface area contributed by atoms with Crippen LogP contribution in [0.25, 0.3) is 106 Å². The Morgan fingerprint density at radius 3 is 1.34 bits per heavy atom. The van der Waals surface area contributed by atoms with E-state index in [0.29, 0.717) is 17.5 Å². The summed E-state index contributed by atoms with van der Waals surface area (Å²) >= 11 is 0. The van der Waals surface area contributed by atoms with E-state index in [1.807, 2.05) is 6.07 Å². The van der Waals surface area contributed by atoms with Crippen molar-refractivity contribution in [1.29, 1.82) is 0 Å². The van der Waals surface area contributed by atoms with Crippen LogP contribution in [0.3, 0.4) is 0 Å². The van der Waals surface area contributed by atoms with Gasteiger partial charge in [0.15, 0.2) is 17.5 Å². The summed E-state index contributed by atoms with van der Waals surface area (Å²) in [5.41, 5.74) is 12.8. The number of para-hydroxylation sites is 2. The van der Waals surface area contributed by atoms with Crippen molar-refractivity contribution in [3.63, 3.8) is 0 Å². The molecule has 276 valence electrons. The van der Waals surface area contributed by atoms with E-state index in [1.54, 1.807) is 0 Å². The first kappa shape index (κ1) is 34.3. The Kier molecular flexibility index (Phi) is 8.45. The zero-order valence-corrected chi connectivity index (χ0v) is 32.1. The molecule has 2 aromatic heterocycles. The van der Waals surface area contributed by atoms with Crippen LogP contribution in [0.4, 0.5) is 0 Å². The molecule has 59 heavy (non-hydrogen) atoms. The highest BCUT2D eigenvalue weighted by Gasteiger charge is 2.21. The minimum absolute atomic E-state index is 0.601. The van der Waals surface area contributed by atoms with Gasteiger partial charge in [-0.15, -0.1) is 0 Å². The molecule has 0 aliphatic carbocycles. The Morgan fingerprint density at radius 2 is 0.712 bits per heavy atom. The molecule has 0 aliphatic rings. The lowest BCUT2D eigenvalue weighted by Crippen LogP contribution is -2.04. The Morgan fingerprint density at radius 1 is 0.271 bits per heavy atom. The van der Waals surface area contributed by atoms with Gasteiger partial charge in [-0.1, -0.05) is 182 Å². The molecule has 0 amide bonds. The van der Waals surface area contributed by atoms with Crippen molar-refractivity contribution in [2.24, 2.45) is 0 Å². The maximum Gasteiger partial charge on any atom is 0.166 e. The van der Waals surface area contributed by atoms with Gasteiger partial charge in [-0.2, -0.15) is 0 Å². The highest BCUT2D eigenvalue weighted by molar-refractivity contribution is 6.10. The number of fused-ring (bicyclic) bond motifs is 4. The van der Waals surface area contributed by atoms with E-state index >= 15 is 0 Å². The fourth-order valence-corrected chi connectivity index (χ4v) is 8.39. The molecular weight excluding hydrogens is 717 g/mol. The Labute approximate surface area is 342 Å². The minimum Gasteiger partial charge on any atom is -0.308 e. The lowest BCUT2D eigenvalue weighted by atomic mass is 9.98. The molecule has 0 saturated heterocycles. The van der Waals surface area contributed by atoms with Crippen LogP contribution in [0.15, 0.2) is 218 Å². The standard InChI is InChI=1S/C55H36N4/c1-4-16-37(17-5-1)40-28-29-42-35-44(31-30-41(42)34-40)53-56-54(48-25-11-10-22-45(48)39-20-8-3-9-21-39)58-55(57-53)49-33-32-43(38-18-6-2-7-19-38)36-52(49)59-50-26-14-12-23-46(50)47-24-13-15-27-51(47)59/h1-36H. The van der Waals surface area contributed by atoms with Gasteiger partial charge in [0.25, 0.3) is 0 Å². The zero-order chi connectivity index (χ0) is 39.1. The maximum absolute atomic E-state index is 5.39. The molecule has 11 aromatic rings. The summed E-state index contributed by atoms with van der Waals surface area (Å²) in [4.78, 5) is 16.0. The highest BCUT2D eigenvalue weighted by atomic mass is 15.1. The molecule has 0 bridgehead atoms. The first-order chi connectivity index (χ1) is 29.2. The predicted octanol–water partition coefficient (Wildman–Crippen LogP) is 14.1. The van der Waals surface area contributed by atoms with E-state index in [2.05, 4.69) is 217 Å². The SMILES string of the molecule is c1ccc(-c2ccc(-c3nc(-c4ccc5cc(-c6ccccc6)ccc5c4)nc(-c4ccccc4-c4ccccc4)n3)c(-n3c4ccccc4c4ccccc43)c2)cc1. The summed E-state index contributed by atoms with van der Waals surface area (Å²) in [6.45, 7) is 0. The number of benzene rings is 9. The molecule has 9 aromatic carbocycles. The van der Waals surface area contributed by atoms with Crippen LogP contribution in [0.2, 0.25) is 0 Å².